The molecule has 0 saturated carbocycles. The molecular weight excluding hydrogens is 276 g/mol. The van der Waals surface area contributed by atoms with Crippen molar-refractivity contribution >= 4 is 15.5 Å². The zero-order chi connectivity index (χ0) is 14.5. The third kappa shape index (κ3) is 4.14. The van der Waals surface area contributed by atoms with Gasteiger partial charge >= 0.3 is 5.76 Å². The van der Waals surface area contributed by atoms with Crippen LogP contribution in [0.4, 0.5) is 14.5 Å². The molecule has 19 heavy (non-hydrogen) atoms. The summed E-state index contributed by atoms with van der Waals surface area (Å²) in [7, 11) is -4.62. The van der Waals surface area contributed by atoms with Crippen LogP contribution in [0.3, 0.4) is 0 Å². The summed E-state index contributed by atoms with van der Waals surface area (Å²) >= 11 is 0. The number of alkyl halides is 2. The highest BCUT2D eigenvalue weighted by Gasteiger charge is 2.29. The summed E-state index contributed by atoms with van der Waals surface area (Å²) in [6.45, 7) is 1.82. The van der Waals surface area contributed by atoms with Crippen molar-refractivity contribution in [2.45, 2.75) is 36.5 Å². The molecule has 0 heterocycles. The number of rotatable bonds is 7. The summed E-state index contributed by atoms with van der Waals surface area (Å²) in [6.07, 6.45) is 1.16. The van der Waals surface area contributed by atoms with Crippen molar-refractivity contribution < 1.29 is 22.3 Å². The lowest BCUT2D eigenvalue weighted by Crippen LogP contribution is -2.19. The maximum atomic E-state index is 12.6. The summed E-state index contributed by atoms with van der Waals surface area (Å²) in [6, 6.07) is 5.46. The molecule has 0 aromatic heterocycles. The van der Waals surface area contributed by atoms with Crippen LogP contribution in [-0.2, 0) is 9.84 Å². The molecule has 1 rings (SSSR count). The number of anilines is 1. The van der Waals surface area contributed by atoms with Crippen molar-refractivity contribution in [1.82, 2.24) is 0 Å². The number of halogens is 2. The molecule has 0 amide bonds. The summed E-state index contributed by atoms with van der Waals surface area (Å²) in [5, 5.41) is 11.6. The van der Waals surface area contributed by atoms with Gasteiger partial charge in [-0.1, -0.05) is 12.1 Å². The molecule has 0 fully saturated rings. The van der Waals surface area contributed by atoms with E-state index < -0.39 is 20.5 Å². The van der Waals surface area contributed by atoms with Crippen LogP contribution in [0.2, 0.25) is 0 Å². The highest BCUT2D eigenvalue weighted by Crippen LogP contribution is 2.26. The minimum atomic E-state index is -4.62. The minimum Gasteiger partial charge on any atom is -0.396 e. The van der Waals surface area contributed by atoms with Crippen LogP contribution in [-0.4, -0.2) is 31.9 Å². The Morgan fingerprint density at radius 1 is 1.32 bits per heavy atom. The second kappa shape index (κ2) is 6.81. The van der Waals surface area contributed by atoms with Crippen LogP contribution in [0.1, 0.15) is 19.8 Å². The smallest absolute Gasteiger partial charge is 0.341 e. The first kappa shape index (κ1) is 15.8. The van der Waals surface area contributed by atoms with E-state index in [0.29, 0.717) is 12.8 Å². The standard InChI is InChI=1S/C12H17F2NO3S/c1-9(5-4-8-16)15-10-6-2-3-7-11(10)19(17,18)12(13)14/h2-3,6-7,9,12,15-16H,4-5,8H2,1H3. The van der Waals surface area contributed by atoms with Crippen molar-refractivity contribution in [1.29, 1.82) is 0 Å². The molecule has 0 aliphatic heterocycles. The average molecular weight is 293 g/mol. The van der Waals surface area contributed by atoms with Crippen LogP contribution < -0.4 is 5.32 Å². The molecule has 0 saturated heterocycles. The van der Waals surface area contributed by atoms with Gasteiger partial charge in [-0.15, -0.1) is 0 Å². The number of para-hydroxylation sites is 1. The molecule has 108 valence electrons. The zero-order valence-corrected chi connectivity index (χ0v) is 11.3. The summed E-state index contributed by atoms with van der Waals surface area (Å²) in [4.78, 5) is -0.402. The highest BCUT2D eigenvalue weighted by atomic mass is 32.2. The Labute approximate surface area is 111 Å². The average Bonchev–Trinajstić information content (AvgIpc) is 2.36. The quantitative estimate of drug-likeness (QED) is 0.809. The van der Waals surface area contributed by atoms with E-state index in [1.165, 1.54) is 12.1 Å². The number of nitrogens with one attached hydrogen (secondary N) is 1. The normalized spacial score (nSPS) is 13.5. The van der Waals surface area contributed by atoms with Gasteiger partial charge in [-0.3, -0.25) is 0 Å². The lowest BCUT2D eigenvalue weighted by atomic mass is 10.2. The molecule has 7 heteroatoms. The van der Waals surface area contributed by atoms with E-state index in [-0.39, 0.29) is 18.3 Å². The van der Waals surface area contributed by atoms with E-state index >= 15 is 0 Å². The van der Waals surface area contributed by atoms with Gasteiger partial charge in [0.15, 0.2) is 0 Å². The van der Waals surface area contributed by atoms with Crippen LogP contribution in [0.15, 0.2) is 29.2 Å². The van der Waals surface area contributed by atoms with Crippen LogP contribution in [0.25, 0.3) is 0 Å². The van der Waals surface area contributed by atoms with Crippen molar-refractivity contribution in [3.05, 3.63) is 24.3 Å². The fraction of sp³-hybridized carbons (Fsp3) is 0.500. The first-order valence-corrected chi connectivity index (χ1v) is 7.42. The maximum Gasteiger partial charge on any atom is 0.341 e. The van der Waals surface area contributed by atoms with Crippen molar-refractivity contribution in [3.63, 3.8) is 0 Å². The van der Waals surface area contributed by atoms with Gasteiger partial charge in [-0.05, 0) is 31.9 Å². The summed E-state index contributed by atoms with van der Waals surface area (Å²) < 4.78 is 48.2. The fourth-order valence-electron chi connectivity index (χ4n) is 1.67. The Kier molecular flexibility index (Phi) is 5.68. The van der Waals surface area contributed by atoms with E-state index in [1.807, 2.05) is 0 Å². The van der Waals surface area contributed by atoms with Gasteiger partial charge in [-0.25, -0.2) is 8.42 Å². The van der Waals surface area contributed by atoms with Crippen molar-refractivity contribution in [2.75, 3.05) is 11.9 Å². The zero-order valence-electron chi connectivity index (χ0n) is 10.5. The number of aliphatic hydroxyl groups is 1. The minimum absolute atomic E-state index is 0.0308. The number of hydrogen-bond donors (Lipinski definition) is 2. The van der Waals surface area contributed by atoms with Crippen LogP contribution in [0, 0.1) is 0 Å². The van der Waals surface area contributed by atoms with Crippen molar-refractivity contribution in [3.8, 4) is 0 Å². The van der Waals surface area contributed by atoms with Gasteiger partial charge in [0.2, 0.25) is 9.84 Å². The number of benzene rings is 1. The molecule has 1 aromatic rings. The monoisotopic (exact) mass is 293 g/mol. The molecule has 0 aliphatic rings. The summed E-state index contributed by atoms with van der Waals surface area (Å²) in [5.74, 6) is -3.44. The molecular formula is C12H17F2NO3S. The molecule has 4 nitrogen and oxygen atoms in total. The maximum absolute atomic E-state index is 12.6. The third-order valence-corrected chi connectivity index (χ3v) is 4.06. The van der Waals surface area contributed by atoms with Crippen LogP contribution >= 0.6 is 0 Å². The molecule has 0 aliphatic carbocycles. The lowest BCUT2D eigenvalue weighted by Gasteiger charge is -2.17. The second-order valence-corrected chi connectivity index (χ2v) is 6.10. The fourth-order valence-corrected chi connectivity index (χ4v) is 2.56. The Bertz CT molecular complexity index is 505. The van der Waals surface area contributed by atoms with E-state index in [2.05, 4.69) is 5.32 Å². The Morgan fingerprint density at radius 3 is 2.53 bits per heavy atom. The van der Waals surface area contributed by atoms with Gasteiger partial charge in [-0.2, -0.15) is 8.78 Å². The number of aliphatic hydroxyl groups excluding tert-OH is 1. The molecule has 2 N–H and O–H groups in total. The largest absolute Gasteiger partial charge is 0.396 e. The van der Waals surface area contributed by atoms with E-state index in [1.54, 1.807) is 13.0 Å². The third-order valence-electron chi connectivity index (χ3n) is 2.63. The van der Waals surface area contributed by atoms with Gasteiger partial charge in [0.05, 0.1) is 10.6 Å². The molecule has 1 aromatic carbocycles. The second-order valence-electron chi connectivity index (χ2n) is 4.21. The predicted octanol–water partition coefficient (Wildman–Crippen LogP) is 2.26. The van der Waals surface area contributed by atoms with E-state index in [4.69, 9.17) is 5.11 Å². The SMILES string of the molecule is CC(CCCO)Nc1ccccc1S(=O)(=O)C(F)F. The van der Waals surface area contributed by atoms with Gasteiger partial charge in [0.25, 0.3) is 0 Å². The van der Waals surface area contributed by atoms with E-state index in [9.17, 15) is 17.2 Å². The Hall–Kier alpha value is -1.21. The van der Waals surface area contributed by atoms with Gasteiger partial charge < -0.3 is 10.4 Å². The highest BCUT2D eigenvalue weighted by molar-refractivity contribution is 7.91. The lowest BCUT2D eigenvalue weighted by molar-refractivity contribution is 0.235. The summed E-state index contributed by atoms with van der Waals surface area (Å²) in [5.41, 5.74) is 0.160. The van der Waals surface area contributed by atoms with Gasteiger partial charge in [0.1, 0.15) is 0 Å². The Balaban J connectivity index is 2.97. The topological polar surface area (TPSA) is 66.4 Å². The molecule has 0 bridgehead atoms. The predicted molar refractivity (Wildman–Crippen MR) is 69.0 cm³/mol. The number of hydrogen-bond acceptors (Lipinski definition) is 4. The van der Waals surface area contributed by atoms with Gasteiger partial charge in [0, 0.05) is 12.6 Å². The first-order chi connectivity index (χ1) is 8.89. The van der Waals surface area contributed by atoms with Crippen molar-refractivity contribution in [2.24, 2.45) is 0 Å². The van der Waals surface area contributed by atoms with Crippen LogP contribution in [0.5, 0.6) is 0 Å². The van der Waals surface area contributed by atoms with E-state index in [0.717, 1.165) is 6.07 Å². The molecule has 0 spiro atoms. The number of sulfone groups is 1. The molecule has 1 unspecified atom stereocenters. The molecule has 0 radical (unpaired) electrons. The first-order valence-electron chi connectivity index (χ1n) is 5.88. The molecule has 1 atom stereocenters. The Morgan fingerprint density at radius 2 is 1.95 bits per heavy atom.